The average Bonchev–Trinajstić information content (AvgIpc) is 2.72. The zero-order valence-electron chi connectivity index (χ0n) is 8.22. The quantitative estimate of drug-likeness (QED) is 0.648. The molecule has 0 spiro atoms. The highest BCUT2D eigenvalue weighted by atomic mass is 15.0. The summed E-state index contributed by atoms with van der Waals surface area (Å²) in [5.41, 5.74) is 7.48. The van der Waals surface area contributed by atoms with Gasteiger partial charge in [0.25, 0.3) is 0 Å². The largest absolute Gasteiger partial charge is 0.325 e. The van der Waals surface area contributed by atoms with Gasteiger partial charge in [-0.15, -0.1) is 0 Å². The molecule has 1 aromatic carbocycles. The van der Waals surface area contributed by atoms with E-state index in [0.29, 0.717) is 6.54 Å². The number of fused-ring (bicyclic) bond motifs is 3. The molecule has 2 aromatic heterocycles. The number of hydrogen-bond donors (Lipinski definition) is 1. The lowest BCUT2D eigenvalue weighted by atomic mass is 10.2. The Bertz CT molecular complexity index is 625. The third-order valence-electron chi connectivity index (χ3n) is 2.61. The fourth-order valence-corrected chi connectivity index (χ4v) is 1.86. The molecule has 2 heterocycles. The number of rotatable bonds is 1. The number of benzene rings is 1. The first-order valence-electron chi connectivity index (χ1n) is 4.94. The van der Waals surface area contributed by atoms with E-state index in [9.17, 15) is 0 Å². The maximum Gasteiger partial charge on any atom is 0.144 e. The summed E-state index contributed by atoms with van der Waals surface area (Å²) < 4.78 is 2.02. The second kappa shape index (κ2) is 3.07. The molecule has 0 saturated carbocycles. The molecule has 15 heavy (non-hydrogen) atoms. The van der Waals surface area contributed by atoms with E-state index < -0.39 is 0 Å². The number of nitrogens with two attached hydrogens (primary N) is 1. The van der Waals surface area contributed by atoms with E-state index in [1.54, 1.807) is 0 Å². The lowest BCUT2D eigenvalue weighted by molar-refractivity contribution is 1.02. The fourth-order valence-electron chi connectivity index (χ4n) is 1.86. The molecular formula is C12H11N3. The van der Waals surface area contributed by atoms with Gasteiger partial charge in [0, 0.05) is 24.3 Å². The van der Waals surface area contributed by atoms with Gasteiger partial charge in [0.15, 0.2) is 0 Å². The van der Waals surface area contributed by atoms with Crippen LogP contribution in [0.15, 0.2) is 42.7 Å². The lowest BCUT2D eigenvalue weighted by Crippen LogP contribution is -1.95. The van der Waals surface area contributed by atoms with E-state index in [0.717, 1.165) is 11.3 Å². The molecule has 0 fully saturated rings. The van der Waals surface area contributed by atoms with E-state index in [2.05, 4.69) is 23.2 Å². The van der Waals surface area contributed by atoms with Crippen molar-refractivity contribution >= 4 is 16.4 Å². The first-order chi connectivity index (χ1) is 7.38. The van der Waals surface area contributed by atoms with Crippen LogP contribution in [0.2, 0.25) is 0 Å². The van der Waals surface area contributed by atoms with Crippen LogP contribution in [0, 0.1) is 0 Å². The summed E-state index contributed by atoms with van der Waals surface area (Å²) in [7, 11) is 0. The second-order valence-electron chi connectivity index (χ2n) is 3.57. The van der Waals surface area contributed by atoms with Gasteiger partial charge in [-0.25, -0.2) is 4.98 Å². The summed E-state index contributed by atoms with van der Waals surface area (Å²) >= 11 is 0. The van der Waals surface area contributed by atoms with Gasteiger partial charge in [-0.1, -0.05) is 24.3 Å². The molecule has 0 atom stereocenters. The lowest BCUT2D eigenvalue weighted by Gasteiger charge is -1.98. The number of imidazole rings is 1. The first-order valence-corrected chi connectivity index (χ1v) is 4.94. The van der Waals surface area contributed by atoms with E-state index >= 15 is 0 Å². The van der Waals surface area contributed by atoms with Gasteiger partial charge in [-0.05, 0) is 11.5 Å². The molecule has 0 aliphatic heterocycles. The van der Waals surface area contributed by atoms with Crippen LogP contribution in [0.4, 0.5) is 0 Å². The highest BCUT2D eigenvalue weighted by Gasteiger charge is 2.03. The Hall–Kier alpha value is -1.87. The second-order valence-corrected chi connectivity index (χ2v) is 3.57. The monoisotopic (exact) mass is 197 g/mol. The Morgan fingerprint density at radius 2 is 2.07 bits per heavy atom. The van der Waals surface area contributed by atoms with Crippen molar-refractivity contribution in [1.29, 1.82) is 0 Å². The molecule has 0 bridgehead atoms. The van der Waals surface area contributed by atoms with Gasteiger partial charge in [0.05, 0.1) is 5.69 Å². The van der Waals surface area contributed by atoms with Crippen molar-refractivity contribution in [3.63, 3.8) is 0 Å². The molecule has 0 saturated heterocycles. The molecule has 0 aliphatic rings. The van der Waals surface area contributed by atoms with Crippen LogP contribution in [0.5, 0.6) is 0 Å². The Labute approximate surface area is 87.2 Å². The SMILES string of the molecule is NCc1cn2ccc3ccccc3c2n1. The van der Waals surface area contributed by atoms with Crippen LogP contribution in [-0.4, -0.2) is 9.38 Å². The van der Waals surface area contributed by atoms with Gasteiger partial charge in [0.2, 0.25) is 0 Å². The molecule has 3 nitrogen and oxygen atoms in total. The summed E-state index contributed by atoms with van der Waals surface area (Å²) in [4.78, 5) is 4.50. The van der Waals surface area contributed by atoms with Gasteiger partial charge in [-0.3, -0.25) is 0 Å². The molecule has 3 heteroatoms. The van der Waals surface area contributed by atoms with Gasteiger partial charge >= 0.3 is 0 Å². The van der Waals surface area contributed by atoms with Crippen LogP contribution in [0.1, 0.15) is 5.69 Å². The van der Waals surface area contributed by atoms with Crippen LogP contribution in [0.25, 0.3) is 16.4 Å². The van der Waals surface area contributed by atoms with E-state index in [4.69, 9.17) is 5.73 Å². The van der Waals surface area contributed by atoms with Crippen LogP contribution in [-0.2, 0) is 6.54 Å². The average molecular weight is 197 g/mol. The van der Waals surface area contributed by atoms with Gasteiger partial charge < -0.3 is 10.1 Å². The zero-order chi connectivity index (χ0) is 10.3. The van der Waals surface area contributed by atoms with Gasteiger partial charge in [-0.2, -0.15) is 0 Å². The minimum absolute atomic E-state index is 0.482. The molecule has 3 aromatic rings. The zero-order valence-corrected chi connectivity index (χ0v) is 8.22. The van der Waals surface area contributed by atoms with Crippen molar-refractivity contribution in [3.05, 3.63) is 48.4 Å². The molecule has 2 N–H and O–H groups in total. The number of aromatic nitrogens is 2. The predicted octanol–water partition coefficient (Wildman–Crippen LogP) is 1.95. The molecule has 0 aliphatic carbocycles. The Kier molecular flexibility index (Phi) is 1.73. The molecule has 3 rings (SSSR count). The predicted molar refractivity (Wildman–Crippen MR) is 60.6 cm³/mol. The maximum absolute atomic E-state index is 5.58. The summed E-state index contributed by atoms with van der Waals surface area (Å²) in [6.45, 7) is 0.482. The minimum atomic E-state index is 0.482. The standard InChI is InChI=1S/C12H11N3/c13-7-10-8-15-6-5-9-3-1-2-4-11(9)12(15)14-10/h1-6,8H,7,13H2. The van der Waals surface area contributed by atoms with Crippen molar-refractivity contribution < 1.29 is 0 Å². The summed E-state index contributed by atoms with van der Waals surface area (Å²) in [5.74, 6) is 0. The third-order valence-corrected chi connectivity index (χ3v) is 2.61. The maximum atomic E-state index is 5.58. The van der Waals surface area contributed by atoms with Crippen LogP contribution >= 0.6 is 0 Å². The van der Waals surface area contributed by atoms with Crippen LogP contribution < -0.4 is 5.73 Å². The van der Waals surface area contributed by atoms with E-state index in [1.807, 2.05) is 28.9 Å². The minimum Gasteiger partial charge on any atom is -0.325 e. The topological polar surface area (TPSA) is 43.3 Å². The van der Waals surface area contributed by atoms with Gasteiger partial charge in [0.1, 0.15) is 5.65 Å². The van der Waals surface area contributed by atoms with Crippen molar-refractivity contribution in [2.75, 3.05) is 0 Å². The molecule has 0 amide bonds. The summed E-state index contributed by atoms with van der Waals surface area (Å²) in [5, 5.41) is 2.37. The normalized spacial score (nSPS) is 11.3. The molecular weight excluding hydrogens is 186 g/mol. The number of hydrogen-bond acceptors (Lipinski definition) is 2. The summed E-state index contributed by atoms with van der Waals surface area (Å²) in [6, 6.07) is 10.3. The van der Waals surface area contributed by atoms with Crippen molar-refractivity contribution in [3.8, 4) is 0 Å². The van der Waals surface area contributed by atoms with Crippen molar-refractivity contribution in [2.45, 2.75) is 6.54 Å². The van der Waals surface area contributed by atoms with Crippen LogP contribution in [0.3, 0.4) is 0 Å². The van der Waals surface area contributed by atoms with Crippen molar-refractivity contribution in [2.24, 2.45) is 5.73 Å². The molecule has 0 unspecified atom stereocenters. The smallest absolute Gasteiger partial charge is 0.144 e. The molecule has 74 valence electrons. The Morgan fingerprint density at radius 1 is 1.20 bits per heavy atom. The highest BCUT2D eigenvalue weighted by molar-refractivity contribution is 5.93. The molecule has 0 radical (unpaired) electrons. The number of nitrogens with zero attached hydrogens (tertiary/aromatic N) is 2. The third kappa shape index (κ3) is 1.21. The first kappa shape index (κ1) is 8.44. The Balaban J connectivity index is 2.47. The fraction of sp³-hybridized carbons (Fsp3) is 0.0833. The van der Waals surface area contributed by atoms with Crippen molar-refractivity contribution in [1.82, 2.24) is 9.38 Å². The number of pyridine rings is 1. The van der Waals surface area contributed by atoms with E-state index in [-0.39, 0.29) is 0 Å². The highest BCUT2D eigenvalue weighted by Crippen LogP contribution is 2.18. The van der Waals surface area contributed by atoms with E-state index in [1.165, 1.54) is 10.8 Å². The summed E-state index contributed by atoms with van der Waals surface area (Å²) in [6.07, 6.45) is 3.99. The Morgan fingerprint density at radius 3 is 2.93 bits per heavy atom.